The third kappa shape index (κ3) is 5.07. The first-order valence-electron chi connectivity index (χ1n) is 11.1. The fourth-order valence-electron chi connectivity index (χ4n) is 4.20. The molecule has 0 saturated carbocycles. The molecule has 1 fully saturated rings. The van der Waals surface area contributed by atoms with Gasteiger partial charge in [0.05, 0.1) is 11.8 Å². The normalized spacial score (nSPS) is 18.2. The standard InChI is InChI=1S/C24H30N2O5S/c1-17-5-3-4-6-21(17)16-32(28,29)26-11-9-19(10-12-26)24(27)25-18(2)20-7-8-22-23(15-20)31-14-13-30-22/h3-8,15,18-19H,9-14,16H2,1-2H3,(H,25,27). The number of fused-ring (bicyclic) bond motifs is 1. The van der Waals surface area contributed by atoms with E-state index in [-0.39, 0.29) is 23.6 Å². The van der Waals surface area contributed by atoms with E-state index in [1.807, 2.05) is 56.3 Å². The molecule has 1 saturated heterocycles. The van der Waals surface area contributed by atoms with E-state index >= 15 is 0 Å². The zero-order valence-corrected chi connectivity index (χ0v) is 19.4. The second kappa shape index (κ2) is 9.50. The Morgan fingerprint density at radius 1 is 1.09 bits per heavy atom. The van der Waals surface area contributed by atoms with Crippen molar-refractivity contribution < 1.29 is 22.7 Å². The van der Waals surface area contributed by atoms with Crippen LogP contribution in [0.2, 0.25) is 0 Å². The largest absolute Gasteiger partial charge is 0.486 e. The number of rotatable bonds is 6. The second-order valence-corrected chi connectivity index (χ2v) is 10.5. The Kier molecular flexibility index (Phi) is 6.71. The van der Waals surface area contributed by atoms with Crippen LogP contribution in [-0.4, -0.2) is 44.9 Å². The summed E-state index contributed by atoms with van der Waals surface area (Å²) in [5, 5.41) is 3.07. The molecule has 7 nitrogen and oxygen atoms in total. The summed E-state index contributed by atoms with van der Waals surface area (Å²) >= 11 is 0. The highest BCUT2D eigenvalue weighted by atomic mass is 32.2. The zero-order valence-electron chi connectivity index (χ0n) is 18.5. The molecule has 0 radical (unpaired) electrons. The van der Waals surface area contributed by atoms with Gasteiger partial charge in [-0.05, 0) is 55.5 Å². The minimum Gasteiger partial charge on any atom is -0.486 e. The van der Waals surface area contributed by atoms with Crippen LogP contribution in [-0.2, 0) is 20.6 Å². The molecule has 8 heteroatoms. The first kappa shape index (κ1) is 22.6. The number of sulfonamides is 1. The Morgan fingerprint density at radius 3 is 2.50 bits per heavy atom. The first-order valence-corrected chi connectivity index (χ1v) is 12.7. The van der Waals surface area contributed by atoms with Crippen LogP contribution in [0.4, 0.5) is 0 Å². The van der Waals surface area contributed by atoms with Crippen molar-refractivity contribution in [2.45, 2.75) is 38.5 Å². The molecule has 32 heavy (non-hydrogen) atoms. The molecule has 0 aliphatic carbocycles. The molecular weight excluding hydrogens is 428 g/mol. The maximum atomic E-state index is 12.9. The van der Waals surface area contributed by atoms with Crippen molar-refractivity contribution in [2.24, 2.45) is 5.92 Å². The van der Waals surface area contributed by atoms with Crippen LogP contribution in [0.25, 0.3) is 0 Å². The third-order valence-electron chi connectivity index (χ3n) is 6.24. The Balaban J connectivity index is 1.32. The van der Waals surface area contributed by atoms with Crippen molar-refractivity contribution in [3.05, 3.63) is 59.2 Å². The van der Waals surface area contributed by atoms with Gasteiger partial charge in [0.25, 0.3) is 0 Å². The number of piperidine rings is 1. The van der Waals surface area contributed by atoms with Crippen molar-refractivity contribution in [3.8, 4) is 11.5 Å². The lowest BCUT2D eigenvalue weighted by atomic mass is 9.96. The minimum atomic E-state index is -3.41. The van der Waals surface area contributed by atoms with Crippen molar-refractivity contribution in [2.75, 3.05) is 26.3 Å². The Bertz CT molecular complexity index is 1080. The summed E-state index contributed by atoms with van der Waals surface area (Å²) in [4.78, 5) is 12.8. The van der Waals surface area contributed by atoms with E-state index in [0.717, 1.165) is 22.4 Å². The number of carbonyl (C=O) groups is 1. The van der Waals surface area contributed by atoms with Gasteiger partial charge < -0.3 is 14.8 Å². The van der Waals surface area contributed by atoms with Gasteiger partial charge in [-0.15, -0.1) is 0 Å². The highest BCUT2D eigenvalue weighted by molar-refractivity contribution is 7.88. The highest BCUT2D eigenvalue weighted by Crippen LogP contribution is 2.33. The lowest BCUT2D eigenvalue weighted by Crippen LogP contribution is -2.43. The number of aryl methyl sites for hydroxylation is 1. The summed E-state index contributed by atoms with van der Waals surface area (Å²) in [6.07, 6.45) is 1.04. The third-order valence-corrected chi connectivity index (χ3v) is 8.07. The van der Waals surface area contributed by atoms with E-state index in [9.17, 15) is 13.2 Å². The average Bonchev–Trinajstić information content (AvgIpc) is 2.80. The number of nitrogens with one attached hydrogen (secondary N) is 1. The summed E-state index contributed by atoms with van der Waals surface area (Å²) in [6, 6.07) is 13.1. The molecule has 2 aromatic rings. The predicted octanol–water partition coefficient (Wildman–Crippen LogP) is 3.19. The number of amides is 1. The zero-order chi connectivity index (χ0) is 22.7. The molecule has 0 bridgehead atoms. The maximum Gasteiger partial charge on any atom is 0.223 e. The summed E-state index contributed by atoms with van der Waals surface area (Å²) in [6.45, 7) is 5.64. The van der Waals surface area contributed by atoms with Crippen molar-refractivity contribution >= 4 is 15.9 Å². The number of carbonyl (C=O) groups excluding carboxylic acids is 1. The van der Waals surface area contributed by atoms with Crippen LogP contribution in [0.3, 0.4) is 0 Å². The summed E-state index contributed by atoms with van der Waals surface area (Å²) in [5.41, 5.74) is 2.74. The smallest absolute Gasteiger partial charge is 0.223 e. The van der Waals surface area contributed by atoms with Crippen molar-refractivity contribution in [1.82, 2.24) is 9.62 Å². The monoisotopic (exact) mass is 458 g/mol. The van der Waals surface area contributed by atoms with Crippen LogP contribution >= 0.6 is 0 Å². The fourth-order valence-corrected chi connectivity index (χ4v) is 5.87. The second-order valence-electron chi connectivity index (χ2n) is 8.49. The van der Waals surface area contributed by atoms with Gasteiger partial charge in [0.1, 0.15) is 13.2 Å². The van der Waals surface area contributed by atoms with E-state index in [4.69, 9.17) is 9.47 Å². The molecule has 2 heterocycles. The summed E-state index contributed by atoms with van der Waals surface area (Å²) in [7, 11) is -3.41. The fraction of sp³-hybridized carbons (Fsp3) is 0.458. The summed E-state index contributed by atoms with van der Waals surface area (Å²) < 4.78 is 38.4. The maximum absolute atomic E-state index is 12.9. The molecule has 1 amide bonds. The highest BCUT2D eigenvalue weighted by Gasteiger charge is 2.32. The van der Waals surface area contributed by atoms with E-state index < -0.39 is 10.0 Å². The van der Waals surface area contributed by atoms with Crippen LogP contribution in [0, 0.1) is 12.8 Å². The molecule has 2 aliphatic heterocycles. The number of benzene rings is 2. The lowest BCUT2D eigenvalue weighted by Gasteiger charge is -2.31. The van der Waals surface area contributed by atoms with Gasteiger partial charge in [0, 0.05) is 19.0 Å². The molecule has 0 aromatic heterocycles. The molecule has 2 aliphatic rings. The Labute approximate surface area is 189 Å². The number of ether oxygens (including phenoxy) is 2. The van der Waals surface area contributed by atoms with E-state index in [1.165, 1.54) is 4.31 Å². The molecule has 4 rings (SSSR count). The van der Waals surface area contributed by atoms with Crippen LogP contribution in [0.1, 0.15) is 42.5 Å². The van der Waals surface area contributed by atoms with Gasteiger partial charge >= 0.3 is 0 Å². The van der Waals surface area contributed by atoms with Crippen LogP contribution in [0.15, 0.2) is 42.5 Å². The van der Waals surface area contributed by atoms with Crippen molar-refractivity contribution in [1.29, 1.82) is 0 Å². The quantitative estimate of drug-likeness (QED) is 0.719. The van der Waals surface area contributed by atoms with E-state index in [2.05, 4.69) is 5.32 Å². The molecule has 2 aromatic carbocycles. The lowest BCUT2D eigenvalue weighted by molar-refractivity contribution is -0.126. The molecular formula is C24H30N2O5S. The van der Waals surface area contributed by atoms with Gasteiger partial charge in [0.15, 0.2) is 11.5 Å². The minimum absolute atomic E-state index is 0.00230. The molecule has 1 N–H and O–H groups in total. The number of nitrogens with zero attached hydrogens (tertiary/aromatic N) is 1. The van der Waals surface area contributed by atoms with Gasteiger partial charge in [-0.3, -0.25) is 4.79 Å². The van der Waals surface area contributed by atoms with Gasteiger partial charge in [-0.1, -0.05) is 30.3 Å². The number of hydrogen-bond donors (Lipinski definition) is 1. The van der Waals surface area contributed by atoms with Crippen LogP contribution in [0.5, 0.6) is 11.5 Å². The first-order chi connectivity index (χ1) is 15.3. The predicted molar refractivity (Wildman–Crippen MR) is 122 cm³/mol. The topological polar surface area (TPSA) is 84.9 Å². The molecule has 0 spiro atoms. The molecule has 1 unspecified atom stereocenters. The van der Waals surface area contributed by atoms with Gasteiger partial charge in [-0.2, -0.15) is 0 Å². The Morgan fingerprint density at radius 2 is 1.78 bits per heavy atom. The Hall–Kier alpha value is -2.58. The van der Waals surface area contributed by atoms with E-state index in [1.54, 1.807) is 0 Å². The average molecular weight is 459 g/mol. The van der Waals surface area contributed by atoms with Crippen molar-refractivity contribution in [3.63, 3.8) is 0 Å². The summed E-state index contributed by atoms with van der Waals surface area (Å²) in [5.74, 6) is 1.18. The number of hydrogen-bond acceptors (Lipinski definition) is 5. The van der Waals surface area contributed by atoms with E-state index in [0.29, 0.717) is 44.9 Å². The molecule has 172 valence electrons. The molecule has 1 atom stereocenters. The van der Waals surface area contributed by atoms with Gasteiger partial charge in [0.2, 0.25) is 15.9 Å². The SMILES string of the molecule is Cc1ccccc1CS(=O)(=O)N1CCC(C(=O)NC(C)c2ccc3c(c2)OCCO3)CC1. The van der Waals surface area contributed by atoms with Crippen LogP contribution < -0.4 is 14.8 Å². The van der Waals surface area contributed by atoms with Gasteiger partial charge in [-0.25, -0.2) is 12.7 Å².